The van der Waals surface area contributed by atoms with Crippen LogP contribution < -0.4 is 10.6 Å². The highest BCUT2D eigenvalue weighted by Crippen LogP contribution is 2.12. The van der Waals surface area contributed by atoms with E-state index in [2.05, 4.69) is 30.8 Å². The summed E-state index contributed by atoms with van der Waals surface area (Å²) in [6.45, 7) is 9.80. The molecule has 188 valence electrons. The molecule has 0 spiro atoms. The molecule has 0 fully saturated rings. The first-order valence-corrected chi connectivity index (χ1v) is 11.8. The molecule has 12 heteroatoms. The lowest BCUT2D eigenvalue weighted by molar-refractivity contribution is 0.100. The maximum atomic E-state index is 12.7. The third-order valence-corrected chi connectivity index (χ3v) is 5.52. The molecule has 0 aromatic carbocycles. The lowest BCUT2D eigenvalue weighted by Crippen LogP contribution is -2.20. The van der Waals surface area contributed by atoms with Crippen LogP contribution in [0, 0.1) is 13.8 Å². The number of nitrogens with zero attached hydrogens (tertiary/aromatic N) is 8. The minimum absolute atomic E-state index is 0.257. The van der Waals surface area contributed by atoms with Crippen molar-refractivity contribution >= 4 is 23.7 Å². The summed E-state index contributed by atoms with van der Waals surface area (Å²) < 4.78 is 6.99. The first kappa shape index (κ1) is 24.6. The number of hydrogen-bond donors (Lipinski definition) is 2. The minimum atomic E-state index is -0.257. The molecule has 0 saturated carbocycles. The zero-order valence-electron chi connectivity index (χ0n) is 20.8. The van der Waals surface area contributed by atoms with Gasteiger partial charge >= 0.3 is 0 Å². The van der Waals surface area contributed by atoms with E-state index < -0.39 is 0 Å². The Balaban J connectivity index is 1.35. The van der Waals surface area contributed by atoms with Crippen LogP contribution in [-0.2, 0) is 26.2 Å². The molecule has 4 aromatic heterocycles. The van der Waals surface area contributed by atoms with E-state index >= 15 is 0 Å². The van der Waals surface area contributed by atoms with E-state index in [0.29, 0.717) is 49.5 Å². The van der Waals surface area contributed by atoms with Gasteiger partial charge in [-0.1, -0.05) is 12.2 Å². The summed E-state index contributed by atoms with van der Waals surface area (Å²) in [5.74, 6) is 0.383. The van der Waals surface area contributed by atoms with Crippen molar-refractivity contribution in [3.63, 3.8) is 0 Å². The molecule has 36 heavy (non-hydrogen) atoms. The van der Waals surface area contributed by atoms with Gasteiger partial charge < -0.3 is 9.13 Å². The Kier molecular flexibility index (Phi) is 7.42. The number of nitrogens with one attached hydrogen (secondary N) is 2. The van der Waals surface area contributed by atoms with Gasteiger partial charge in [-0.15, -0.1) is 0 Å². The zero-order valence-corrected chi connectivity index (χ0v) is 20.8. The van der Waals surface area contributed by atoms with Crippen molar-refractivity contribution < 1.29 is 9.59 Å². The monoisotopic (exact) mass is 490 g/mol. The number of imidazole rings is 2. The number of aryl methyl sites for hydroxylation is 4. The number of aromatic nitrogens is 8. The molecule has 0 saturated heterocycles. The van der Waals surface area contributed by atoms with Crippen LogP contribution in [0.5, 0.6) is 0 Å². The molecule has 0 atom stereocenters. The Hall–Kier alpha value is -4.48. The highest BCUT2D eigenvalue weighted by atomic mass is 16.2. The molecule has 0 aliphatic carbocycles. The maximum Gasteiger partial charge on any atom is 0.276 e. The molecule has 4 rings (SSSR count). The zero-order chi connectivity index (χ0) is 25.7. The fraction of sp³-hybridized carbons (Fsp3) is 0.333. The molecular formula is C24H30N10O2. The molecular weight excluding hydrogens is 460 g/mol. The summed E-state index contributed by atoms with van der Waals surface area (Å²) in [6.07, 6.45) is 10.8. The molecule has 4 aromatic rings. The second kappa shape index (κ2) is 10.8. The second-order valence-corrected chi connectivity index (χ2v) is 8.16. The largest absolute Gasteiger partial charge is 0.313 e. The van der Waals surface area contributed by atoms with Gasteiger partial charge in [0, 0.05) is 51.0 Å². The van der Waals surface area contributed by atoms with E-state index in [0.717, 1.165) is 11.4 Å². The number of allylic oxidation sites excluding steroid dienone is 2. The van der Waals surface area contributed by atoms with Crippen LogP contribution in [0.25, 0.3) is 0 Å². The summed E-state index contributed by atoms with van der Waals surface area (Å²) in [5, 5.41) is 14.3. The van der Waals surface area contributed by atoms with Crippen LogP contribution in [0.1, 0.15) is 46.2 Å². The third-order valence-electron chi connectivity index (χ3n) is 5.52. The van der Waals surface area contributed by atoms with Crippen molar-refractivity contribution in [3.8, 4) is 0 Å². The summed E-state index contributed by atoms with van der Waals surface area (Å²) in [6, 6.07) is 3.51. The Morgan fingerprint density at radius 3 is 1.58 bits per heavy atom. The lowest BCUT2D eigenvalue weighted by atomic mass is 10.3. The topological polar surface area (TPSA) is 129 Å². The minimum Gasteiger partial charge on any atom is -0.313 e. The average Bonchev–Trinajstić information content (AvgIpc) is 3.64. The normalized spacial score (nSPS) is 11.3. The van der Waals surface area contributed by atoms with Gasteiger partial charge in [-0.3, -0.25) is 29.6 Å². The van der Waals surface area contributed by atoms with Crippen LogP contribution in [0.4, 0.5) is 11.9 Å². The van der Waals surface area contributed by atoms with Crippen LogP contribution in [0.15, 0.2) is 49.1 Å². The molecule has 2 N–H and O–H groups in total. The average molecular weight is 491 g/mol. The second-order valence-electron chi connectivity index (χ2n) is 8.16. The fourth-order valence-corrected chi connectivity index (χ4v) is 3.81. The van der Waals surface area contributed by atoms with Gasteiger partial charge in [0.25, 0.3) is 11.8 Å². The van der Waals surface area contributed by atoms with Crippen LogP contribution >= 0.6 is 0 Å². The lowest BCUT2D eigenvalue weighted by Gasteiger charge is -2.09. The Morgan fingerprint density at radius 2 is 1.19 bits per heavy atom. The van der Waals surface area contributed by atoms with E-state index in [1.807, 2.05) is 49.0 Å². The van der Waals surface area contributed by atoms with Gasteiger partial charge in [0.15, 0.2) is 0 Å². The number of carbonyl (C=O) groups is 2. The van der Waals surface area contributed by atoms with Crippen molar-refractivity contribution in [3.05, 3.63) is 71.8 Å². The molecule has 12 nitrogen and oxygen atoms in total. The van der Waals surface area contributed by atoms with Crippen molar-refractivity contribution in [1.82, 2.24) is 38.7 Å². The molecule has 0 radical (unpaired) electrons. The number of amides is 2. The Bertz CT molecular complexity index is 1280. The molecule has 0 unspecified atom stereocenters. The van der Waals surface area contributed by atoms with E-state index in [4.69, 9.17) is 0 Å². The van der Waals surface area contributed by atoms with Gasteiger partial charge in [-0.05, 0) is 39.8 Å². The molecule has 0 aliphatic rings. The van der Waals surface area contributed by atoms with Gasteiger partial charge in [0.1, 0.15) is 11.4 Å². The van der Waals surface area contributed by atoms with Gasteiger partial charge in [0.2, 0.25) is 11.9 Å². The summed E-state index contributed by atoms with van der Waals surface area (Å²) in [7, 11) is 0. The van der Waals surface area contributed by atoms with E-state index in [9.17, 15) is 9.59 Å². The van der Waals surface area contributed by atoms with Gasteiger partial charge in [-0.2, -0.15) is 10.2 Å². The predicted octanol–water partition coefficient (Wildman–Crippen LogP) is 2.89. The summed E-state index contributed by atoms with van der Waals surface area (Å²) in [5.41, 5.74) is 2.56. The SMILES string of the molecule is CCn1nc(C)cc1C(=O)Nc1nccn1C/C=C/Cn1ccnc1NC(=O)c1cc(C)nn1CC. The van der Waals surface area contributed by atoms with Crippen molar-refractivity contribution in [2.24, 2.45) is 0 Å². The predicted molar refractivity (Wildman–Crippen MR) is 135 cm³/mol. The number of hydrogen-bond acceptors (Lipinski definition) is 6. The summed E-state index contributed by atoms with van der Waals surface area (Å²) >= 11 is 0. The quantitative estimate of drug-likeness (QED) is 0.329. The fourth-order valence-electron chi connectivity index (χ4n) is 3.81. The molecule has 4 heterocycles. The summed E-state index contributed by atoms with van der Waals surface area (Å²) in [4.78, 5) is 34.0. The van der Waals surface area contributed by atoms with Crippen LogP contribution in [0.2, 0.25) is 0 Å². The number of carbonyl (C=O) groups excluding carboxylic acids is 2. The highest BCUT2D eigenvalue weighted by molar-refractivity contribution is 6.02. The third kappa shape index (κ3) is 5.43. The van der Waals surface area contributed by atoms with Crippen molar-refractivity contribution in [2.45, 2.75) is 53.9 Å². The number of rotatable bonds is 10. The smallest absolute Gasteiger partial charge is 0.276 e. The molecule has 0 bridgehead atoms. The van der Waals surface area contributed by atoms with Crippen molar-refractivity contribution in [2.75, 3.05) is 10.6 Å². The first-order chi connectivity index (χ1) is 17.4. The molecule has 2 amide bonds. The first-order valence-electron chi connectivity index (χ1n) is 11.8. The van der Waals surface area contributed by atoms with Gasteiger partial charge in [0.05, 0.1) is 11.4 Å². The highest BCUT2D eigenvalue weighted by Gasteiger charge is 2.16. The van der Waals surface area contributed by atoms with Gasteiger partial charge in [-0.25, -0.2) is 9.97 Å². The van der Waals surface area contributed by atoms with Crippen molar-refractivity contribution in [1.29, 1.82) is 0 Å². The van der Waals surface area contributed by atoms with E-state index in [-0.39, 0.29) is 11.8 Å². The maximum absolute atomic E-state index is 12.7. The van der Waals surface area contributed by atoms with E-state index in [1.54, 1.807) is 46.3 Å². The van der Waals surface area contributed by atoms with Crippen LogP contribution in [-0.4, -0.2) is 50.5 Å². The molecule has 0 aliphatic heterocycles. The van der Waals surface area contributed by atoms with Crippen LogP contribution in [0.3, 0.4) is 0 Å². The van der Waals surface area contributed by atoms with E-state index in [1.165, 1.54) is 0 Å². The Labute approximate surface area is 208 Å². The standard InChI is InChI=1S/C24H30N10O2/c1-5-33-19(15-17(3)29-33)21(35)27-23-25-9-13-31(23)11-7-8-12-32-14-10-26-24(32)28-22(36)20-16-18(4)30-34(20)6-2/h7-10,13-16H,5-6,11-12H2,1-4H3,(H,25,27,35)(H,26,28,36)/b8-7+. The Morgan fingerprint density at radius 1 is 0.778 bits per heavy atom. The number of anilines is 2.